The van der Waals surface area contributed by atoms with Crippen molar-refractivity contribution in [1.82, 2.24) is 0 Å². The van der Waals surface area contributed by atoms with Crippen molar-refractivity contribution in [1.29, 1.82) is 0 Å². The molecule has 0 saturated heterocycles. The Morgan fingerprint density at radius 3 is 2.65 bits per heavy atom. The second kappa shape index (κ2) is 6.05. The van der Waals surface area contributed by atoms with Crippen LogP contribution in [0.4, 0.5) is 0 Å². The summed E-state index contributed by atoms with van der Waals surface area (Å²) in [6, 6.07) is 2.05. The van der Waals surface area contributed by atoms with Gasteiger partial charge >= 0.3 is 5.97 Å². The van der Waals surface area contributed by atoms with Crippen LogP contribution in [0.15, 0.2) is 10.5 Å². The van der Waals surface area contributed by atoms with Crippen LogP contribution in [0.25, 0.3) is 0 Å². The van der Waals surface area contributed by atoms with E-state index in [0.29, 0.717) is 6.42 Å². The van der Waals surface area contributed by atoms with E-state index in [9.17, 15) is 4.79 Å². The van der Waals surface area contributed by atoms with Gasteiger partial charge < -0.3 is 9.84 Å². The third kappa shape index (κ3) is 3.46. The minimum atomic E-state index is -0.754. The van der Waals surface area contributed by atoms with Crippen LogP contribution in [-0.4, -0.2) is 18.2 Å². The summed E-state index contributed by atoms with van der Waals surface area (Å²) in [5.74, 6) is 0.109. The lowest BCUT2D eigenvalue weighted by Crippen LogP contribution is -2.01. The first-order valence-corrected chi connectivity index (χ1v) is 6.31. The standard InChI is InChI=1S/C13H17BrO3/c1-8-7-11(14)9(2)13(17-3)10(8)5-4-6-12(15)16/h7H,4-6H2,1-3H3,(H,15,16). The van der Waals surface area contributed by atoms with Crippen LogP contribution in [0.2, 0.25) is 0 Å². The molecule has 0 spiro atoms. The number of aryl methyl sites for hydroxylation is 1. The summed E-state index contributed by atoms with van der Waals surface area (Å²) in [5.41, 5.74) is 3.29. The van der Waals surface area contributed by atoms with Gasteiger partial charge in [0.15, 0.2) is 0 Å². The van der Waals surface area contributed by atoms with Gasteiger partial charge in [-0.05, 0) is 43.9 Å². The van der Waals surface area contributed by atoms with E-state index >= 15 is 0 Å². The molecular weight excluding hydrogens is 284 g/mol. The fraction of sp³-hybridized carbons (Fsp3) is 0.462. The summed E-state index contributed by atoms with van der Waals surface area (Å²) in [6.45, 7) is 4.01. The largest absolute Gasteiger partial charge is 0.496 e. The molecule has 1 aromatic carbocycles. The number of methoxy groups -OCH3 is 1. The van der Waals surface area contributed by atoms with Gasteiger partial charge in [0, 0.05) is 16.5 Å². The maximum Gasteiger partial charge on any atom is 0.303 e. The molecule has 0 radical (unpaired) electrons. The Hall–Kier alpha value is -1.03. The van der Waals surface area contributed by atoms with Gasteiger partial charge in [-0.25, -0.2) is 0 Å². The van der Waals surface area contributed by atoms with Gasteiger partial charge in [0.05, 0.1) is 7.11 Å². The highest BCUT2D eigenvalue weighted by atomic mass is 79.9. The highest BCUT2D eigenvalue weighted by Gasteiger charge is 2.13. The molecule has 1 N–H and O–H groups in total. The molecule has 0 fully saturated rings. The molecule has 0 atom stereocenters. The number of rotatable bonds is 5. The summed E-state index contributed by atoms with van der Waals surface area (Å²) in [5, 5.41) is 8.65. The molecule has 0 aliphatic rings. The number of hydrogen-bond acceptors (Lipinski definition) is 2. The number of benzene rings is 1. The minimum Gasteiger partial charge on any atom is -0.496 e. The van der Waals surface area contributed by atoms with Crippen LogP contribution in [0.1, 0.15) is 29.5 Å². The maximum absolute atomic E-state index is 10.5. The molecule has 4 heteroatoms. The summed E-state index contributed by atoms with van der Waals surface area (Å²) in [7, 11) is 1.65. The van der Waals surface area contributed by atoms with E-state index in [0.717, 1.165) is 33.3 Å². The molecular formula is C13H17BrO3. The van der Waals surface area contributed by atoms with Crippen molar-refractivity contribution in [3.63, 3.8) is 0 Å². The normalized spacial score (nSPS) is 10.4. The molecule has 3 nitrogen and oxygen atoms in total. The zero-order chi connectivity index (χ0) is 13.0. The Labute approximate surface area is 110 Å². The Balaban J connectivity index is 2.97. The molecule has 1 aromatic rings. The number of carboxylic acids is 1. The maximum atomic E-state index is 10.5. The zero-order valence-corrected chi connectivity index (χ0v) is 11.9. The SMILES string of the molecule is COc1c(C)c(Br)cc(C)c1CCCC(=O)O. The van der Waals surface area contributed by atoms with E-state index in [-0.39, 0.29) is 6.42 Å². The number of carbonyl (C=O) groups is 1. The molecule has 1 rings (SSSR count). The van der Waals surface area contributed by atoms with Gasteiger partial charge in [0.25, 0.3) is 0 Å². The fourth-order valence-corrected chi connectivity index (χ4v) is 2.43. The van der Waals surface area contributed by atoms with E-state index < -0.39 is 5.97 Å². The number of aliphatic carboxylic acids is 1. The summed E-state index contributed by atoms with van der Waals surface area (Å²) < 4.78 is 6.44. The van der Waals surface area contributed by atoms with Gasteiger partial charge in [-0.3, -0.25) is 4.79 Å². The van der Waals surface area contributed by atoms with Gasteiger partial charge in [0.2, 0.25) is 0 Å². The Kier molecular flexibility index (Phi) is 5.00. The topological polar surface area (TPSA) is 46.5 Å². The third-order valence-corrected chi connectivity index (χ3v) is 3.64. The summed E-state index contributed by atoms with van der Waals surface area (Å²) in [4.78, 5) is 10.5. The number of ether oxygens (including phenoxy) is 1. The predicted octanol–water partition coefficient (Wildman–Crippen LogP) is 3.48. The number of halogens is 1. The Morgan fingerprint density at radius 2 is 2.12 bits per heavy atom. The molecule has 0 aliphatic carbocycles. The summed E-state index contributed by atoms with van der Waals surface area (Å²) in [6.07, 6.45) is 1.56. The van der Waals surface area contributed by atoms with Crippen LogP contribution in [-0.2, 0) is 11.2 Å². The van der Waals surface area contributed by atoms with Crippen molar-refractivity contribution in [2.45, 2.75) is 33.1 Å². The van der Waals surface area contributed by atoms with Crippen LogP contribution in [0.3, 0.4) is 0 Å². The highest BCUT2D eigenvalue weighted by Crippen LogP contribution is 2.33. The lowest BCUT2D eigenvalue weighted by atomic mass is 9.99. The first kappa shape index (κ1) is 14.0. The highest BCUT2D eigenvalue weighted by molar-refractivity contribution is 9.10. The van der Waals surface area contributed by atoms with Gasteiger partial charge in [-0.1, -0.05) is 15.9 Å². The van der Waals surface area contributed by atoms with Crippen LogP contribution in [0, 0.1) is 13.8 Å². The second-order valence-corrected chi connectivity index (χ2v) is 4.91. The average molecular weight is 301 g/mol. The molecule has 0 saturated carbocycles. The smallest absolute Gasteiger partial charge is 0.303 e. The molecule has 0 amide bonds. The average Bonchev–Trinajstić information content (AvgIpc) is 2.25. The molecule has 94 valence electrons. The fourth-order valence-electron chi connectivity index (χ4n) is 1.90. The molecule has 17 heavy (non-hydrogen) atoms. The van der Waals surface area contributed by atoms with E-state index in [4.69, 9.17) is 9.84 Å². The van der Waals surface area contributed by atoms with E-state index in [1.54, 1.807) is 7.11 Å². The van der Waals surface area contributed by atoms with E-state index in [2.05, 4.69) is 15.9 Å². The monoisotopic (exact) mass is 300 g/mol. The predicted molar refractivity (Wildman–Crippen MR) is 70.7 cm³/mol. The minimum absolute atomic E-state index is 0.192. The lowest BCUT2D eigenvalue weighted by Gasteiger charge is -2.15. The van der Waals surface area contributed by atoms with Gasteiger partial charge in [0.1, 0.15) is 5.75 Å². The van der Waals surface area contributed by atoms with Crippen molar-refractivity contribution in [2.75, 3.05) is 7.11 Å². The Bertz CT molecular complexity index is 427. The molecule has 0 bridgehead atoms. The first-order chi connectivity index (χ1) is 7.97. The van der Waals surface area contributed by atoms with Gasteiger partial charge in [-0.2, -0.15) is 0 Å². The van der Waals surface area contributed by atoms with Crippen molar-refractivity contribution < 1.29 is 14.6 Å². The van der Waals surface area contributed by atoms with E-state index in [1.165, 1.54) is 0 Å². The van der Waals surface area contributed by atoms with Crippen molar-refractivity contribution >= 4 is 21.9 Å². The van der Waals surface area contributed by atoms with E-state index in [1.807, 2.05) is 19.9 Å². The van der Waals surface area contributed by atoms with Crippen molar-refractivity contribution in [3.8, 4) is 5.75 Å². The third-order valence-electron chi connectivity index (χ3n) is 2.81. The second-order valence-electron chi connectivity index (χ2n) is 4.06. The van der Waals surface area contributed by atoms with Crippen LogP contribution >= 0.6 is 15.9 Å². The Morgan fingerprint density at radius 1 is 1.47 bits per heavy atom. The number of carboxylic acid groups (broad SMARTS) is 1. The number of hydrogen-bond donors (Lipinski definition) is 1. The molecule has 0 aliphatic heterocycles. The molecule has 0 unspecified atom stereocenters. The molecule has 0 aromatic heterocycles. The molecule has 0 heterocycles. The first-order valence-electron chi connectivity index (χ1n) is 5.51. The van der Waals surface area contributed by atoms with Crippen molar-refractivity contribution in [3.05, 3.63) is 27.2 Å². The lowest BCUT2D eigenvalue weighted by molar-refractivity contribution is -0.137. The van der Waals surface area contributed by atoms with Crippen LogP contribution in [0.5, 0.6) is 5.75 Å². The van der Waals surface area contributed by atoms with Crippen LogP contribution < -0.4 is 4.74 Å². The zero-order valence-electron chi connectivity index (χ0n) is 10.3. The van der Waals surface area contributed by atoms with Crippen molar-refractivity contribution in [2.24, 2.45) is 0 Å². The summed E-state index contributed by atoms with van der Waals surface area (Å²) >= 11 is 3.49. The van der Waals surface area contributed by atoms with Gasteiger partial charge in [-0.15, -0.1) is 0 Å². The quantitative estimate of drug-likeness (QED) is 0.905.